The Morgan fingerprint density at radius 3 is 2.71 bits per heavy atom. The van der Waals surface area contributed by atoms with Crippen LogP contribution in [0.1, 0.15) is 12.2 Å². The second-order valence-corrected chi connectivity index (χ2v) is 3.61. The lowest BCUT2D eigenvalue weighted by molar-refractivity contribution is 0.629. The first-order valence-electron chi connectivity index (χ1n) is 5.03. The van der Waals surface area contributed by atoms with E-state index < -0.39 is 0 Å². The van der Waals surface area contributed by atoms with Gasteiger partial charge in [0.05, 0.1) is 11.0 Å². The van der Waals surface area contributed by atoms with Gasteiger partial charge in [0.1, 0.15) is 11.6 Å². The van der Waals surface area contributed by atoms with E-state index in [-0.39, 0.29) is 30.6 Å². The quantitative estimate of drug-likeness (QED) is 0.938. The molecule has 0 saturated heterocycles. The molecule has 2 N–H and O–H groups in total. The number of hydrogen-bond acceptors (Lipinski definition) is 2. The maximum absolute atomic E-state index is 13.0. The van der Waals surface area contributed by atoms with Crippen molar-refractivity contribution in [3.8, 4) is 0 Å². The Morgan fingerprint density at radius 2 is 2.06 bits per heavy atom. The molecule has 0 atom stereocenters. The number of fused-ring (bicyclic) bond motifs is 1. The predicted octanol–water partition coefficient (Wildman–Crippen LogP) is 2.45. The van der Waals surface area contributed by atoms with Crippen molar-refractivity contribution in [2.45, 2.75) is 12.8 Å². The average molecular weight is 280 g/mol. The van der Waals surface area contributed by atoms with E-state index in [0.29, 0.717) is 12.1 Å². The summed E-state index contributed by atoms with van der Waals surface area (Å²) in [7, 11) is 1.94. The van der Waals surface area contributed by atoms with E-state index in [0.717, 1.165) is 24.2 Å². The Hall–Kier alpha value is -0.840. The summed E-state index contributed by atoms with van der Waals surface area (Å²) in [5, 5.41) is 0. The minimum absolute atomic E-state index is 0. The molecule has 0 radical (unpaired) electrons. The van der Waals surface area contributed by atoms with Crippen molar-refractivity contribution in [1.29, 1.82) is 0 Å². The molecule has 0 spiro atoms. The average Bonchev–Trinajstić information content (AvgIpc) is 2.52. The number of nitrogens with zero attached hydrogens (tertiary/aromatic N) is 2. The maximum atomic E-state index is 13.0. The van der Waals surface area contributed by atoms with Gasteiger partial charge in [0, 0.05) is 19.5 Å². The highest BCUT2D eigenvalue weighted by Gasteiger charge is 2.07. The van der Waals surface area contributed by atoms with Crippen molar-refractivity contribution in [1.82, 2.24) is 9.55 Å². The number of hydrogen-bond donors (Lipinski definition) is 1. The summed E-state index contributed by atoms with van der Waals surface area (Å²) in [5.41, 5.74) is 7.12. The van der Waals surface area contributed by atoms with Gasteiger partial charge in [-0.25, -0.2) is 9.37 Å². The third-order valence-electron chi connectivity index (χ3n) is 2.54. The summed E-state index contributed by atoms with van der Waals surface area (Å²) in [5.74, 6) is 0.715. The number of halogens is 3. The van der Waals surface area contributed by atoms with Crippen molar-refractivity contribution in [3.05, 3.63) is 29.8 Å². The molecule has 0 amide bonds. The minimum Gasteiger partial charge on any atom is -0.331 e. The van der Waals surface area contributed by atoms with Crippen LogP contribution in [0.25, 0.3) is 11.0 Å². The van der Waals surface area contributed by atoms with E-state index >= 15 is 0 Å². The zero-order valence-electron chi connectivity index (χ0n) is 9.52. The van der Waals surface area contributed by atoms with Gasteiger partial charge in [-0.2, -0.15) is 0 Å². The van der Waals surface area contributed by atoms with Crippen LogP contribution in [-0.2, 0) is 13.5 Å². The standard InChI is InChI=1S/C11H14FN3.2ClH/c1-15-10-5-4-8(12)7-9(10)14-11(15)3-2-6-13;;/h4-5,7H,2-3,6,13H2,1H3;2*1H. The number of aryl methyl sites for hydroxylation is 2. The van der Waals surface area contributed by atoms with Crippen LogP contribution in [0.4, 0.5) is 4.39 Å². The van der Waals surface area contributed by atoms with Crippen LogP contribution in [0.15, 0.2) is 18.2 Å². The zero-order valence-corrected chi connectivity index (χ0v) is 11.2. The first-order valence-corrected chi connectivity index (χ1v) is 5.03. The van der Waals surface area contributed by atoms with Crippen LogP contribution in [0.5, 0.6) is 0 Å². The van der Waals surface area contributed by atoms with Crippen LogP contribution < -0.4 is 5.73 Å². The number of aromatic nitrogens is 2. The zero-order chi connectivity index (χ0) is 10.8. The van der Waals surface area contributed by atoms with Crippen molar-refractivity contribution in [2.75, 3.05) is 6.54 Å². The molecule has 0 unspecified atom stereocenters. The summed E-state index contributed by atoms with van der Waals surface area (Å²) in [6, 6.07) is 4.67. The predicted molar refractivity (Wildman–Crippen MR) is 72.5 cm³/mol. The molecule has 0 bridgehead atoms. The Labute approximate surface area is 112 Å². The van der Waals surface area contributed by atoms with E-state index in [2.05, 4.69) is 4.98 Å². The first-order chi connectivity index (χ1) is 7.22. The van der Waals surface area contributed by atoms with Crippen LogP contribution in [-0.4, -0.2) is 16.1 Å². The summed E-state index contributed by atoms with van der Waals surface area (Å²) in [6.45, 7) is 0.650. The highest BCUT2D eigenvalue weighted by atomic mass is 35.5. The molecule has 96 valence electrons. The van der Waals surface area contributed by atoms with Gasteiger partial charge in [-0.15, -0.1) is 24.8 Å². The fourth-order valence-electron chi connectivity index (χ4n) is 1.71. The molecule has 1 aromatic heterocycles. The fraction of sp³-hybridized carbons (Fsp3) is 0.364. The third-order valence-corrected chi connectivity index (χ3v) is 2.54. The number of rotatable bonds is 3. The fourth-order valence-corrected chi connectivity index (χ4v) is 1.71. The molecule has 0 aliphatic heterocycles. The summed E-state index contributed by atoms with van der Waals surface area (Å²) in [4.78, 5) is 4.38. The monoisotopic (exact) mass is 279 g/mol. The number of nitrogens with two attached hydrogens (primary N) is 1. The second kappa shape index (κ2) is 6.79. The summed E-state index contributed by atoms with van der Waals surface area (Å²) in [6.07, 6.45) is 1.74. The van der Waals surface area contributed by atoms with E-state index in [1.165, 1.54) is 12.1 Å². The van der Waals surface area contributed by atoms with Gasteiger partial charge in [0.15, 0.2) is 0 Å². The van der Waals surface area contributed by atoms with E-state index in [1.807, 2.05) is 11.6 Å². The topological polar surface area (TPSA) is 43.8 Å². The van der Waals surface area contributed by atoms with Gasteiger partial charge in [-0.1, -0.05) is 0 Å². The van der Waals surface area contributed by atoms with Crippen LogP contribution in [0, 0.1) is 5.82 Å². The van der Waals surface area contributed by atoms with E-state index in [4.69, 9.17) is 5.73 Å². The molecule has 6 heteroatoms. The molecular weight excluding hydrogens is 264 g/mol. The Morgan fingerprint density at radius 1 is 1.35 bits per heavy atom. The third kappa shape index (κ3) is 3.31. The molecule has 0 aliphatic carbocycles. The summed E-state index contributed by atoms with van der Waals surface area (Å²) < 4.78 is 15.0. The van der Waals surface area contributed by atoms with Crippen LogP contribution in [0.3, 0.4) is 0 Å². The molecule has 2 aromatic rings. The molecule has 0 aliphatic rings. The second-order valence-electron chi connectivity index (χ2n) is 3.61. The molecule has 3 nitrogen and oxygen atoms in total. The lowest BCUT2D eigenvalue weighted by Gasteiger charge is -2.00. The molecule has 1 aromatic carbocycles. The molecule has 0 saturated carbocycles. The highest BCUT2D eigenvalue weighted by Crippen LogP contribution is 2.16. The van der Waals surface area contributed by atoms with Gasteiger partial charge in [0.25, 0.3) is 0 Å². The minimum atomic E-state index is -0.244. The molecule has 2 rings (SSSR count). The summed E-state index contributed by atoms with van der Waals surface area (Å²) >= 11 is 0. The Balaban J connectivity index is 0.00000128. The SMILES string of the molecule is Cl.Cl.Cn1c(CCCN)nc2cc(F)ccc21. The number of imidazole rings is 1. The van der Waals surface area contributed by atoms with Crippen LogP contribution >= 0.6 is 24.8 Å². The number of benzene rings is 1. The molecule has 1 heterocycles. The van der Waals surface area contributed by atoms with Crippen LogP contribution in [0.2, 0.25) is 0 Å². The van der Waals surface area contributed by atoms with Gasteiger partial charge in [-0.05, 0) is 25.1 Å². The smallest absolute Gasteiger partial charge is 0.125 e. The normalized spacial score (nSPS) is 9.82. The lowest BCUT2D eigenvalue weighted by atomic mass is 10.3. The molecule has 0 fully saturated rings. The van der Waals surface area contributed by atoms with Gasteiger partial charge in [-0.3, -0.25) is 0 Å². The van der Waals surface area contributed by atoms with Crippen molar-refractivity contribution in [2.24, 2.45) is 12.8 Å². The highest BCUT2D eigenvalue weighted by molar-refractivity contribution is 5.85. The van der Waals surface area contributed by atoms with E-state index in [9.17, 15) is 4.39 Å². The first kappa shape index (κ1) is 16.2. The van der Waals surface area contributed by atoms with Gasteiger partial charge < -0.3 is 10.3 Å². The largest absolute Gasteiger partial charge is 0.331 e. The van der Waals surface area contributed by atoms with Gasteiger partial charge in [0.2, 0.25) is 0 Å². The van der Waals surface area contributed by atoms with E-state index in [1.54, 1.807) is 6.07 Å². The molecular formula is C11H16Cl2FN3. The lowest BCUT2D eigenvalue weighted by Crippen LogP contribution is -2.04. The Bertz CT molecular complexity index is 485. The molecule has 17 heavy (non-hydrogen) atoms. The van der Waals surface area contributed by atoms with Crippen molar-refractivity contribution in [3.63, 3.8) is 0 Å². The maximum Gasteiger partial charge on any atom is 0.125 e. The van der Waals surface area contributed by atoms with Gasteiger partial charge >= 0.3 is 0 Å². The van der Waals surface area contributed by atoms with Crippen molar-refractivity contribution < 1.29 is 4.39 Å². The van der Waals surface area contributed by atoms with Crippen molar-refractivity contribution >= 4 is 35.8 Å². The Kier molecular flexibility index (Phi) is 6.45.